The molecule has 0 saturated heterocycles. The Hall–Kier alpha value is -2.57. The van der Waals surface area contributed by atoms with Crippen molar-refractivity contribution in [3.05, 3.63) is 71.7 Å². The van der Waals surface area contributed by atoms with Gasteiger partial charge in [0.25, 0.3) is 0 Å². The summed E-state index contributed by atoms with van der Waals surface area (Å²) in [6.45, 7) is 2.83. The number of aromatic nitrogens is 4. The fourth-order valence-electron chi connectivity index (χ4n) is 2.76. The molecule has 0 aliphatic rings. The Bertz CT molecular complexity index is 1050. The number of hydrogen-bond donors (Lipinski definition) is 0. The van der Waals surface area contributed by atoms with E-state index in [1.165, 1.54) is 0 Å². The van der Waals surface area contributed by atoms with Gasteiger partial charge in [0, 0.05) is 22.7 Å². The van der Waals surface area contributed by atoms with Crippen molar-refractivity contribution >= 4 is 23.4 Å². The molecule has 7 heteroatoms. The number of rotatable bonds is 6. The van der Waals surface area contributed by atoms with Crippen LogP contribution in [0.3, 0.4) is 0 Å². The molecule has 4 aromatic rings. The second-order valence-electron chi connectivity index (χ2n) is 5.83. The summed E-state index contributed by atoms with van der Waals surface area (Å²) < 4.78 is 7.93. The molecule has 4 rings (SSSR count). The lowest BCUT2D eigenvalue weighted by Crippen LogP contribution is -1.99. The van der Waals surface area contributed by atoms with Crippen molar-refractivity contribution in [3.63, 3.8) is 0 Å². The minimum absolute atomic E-state index is 0.584. The number of hydrogen-bond acceptors (Lipinski definition) is 5. The van der Waals surface area contributed by atoms with E-state index in [4.69, 9.17) is 16.0 Å². The minimum Gasteiger partial charge on any atom is -0.440 e. The molecule has 0 spiro atoms. The highest BCUT2D eigenvalue weighted by molar-refractivity contribution is 7.98. The van der Waals surface area contributed by atoms with E-state index in [-0.39, 0.29) is 0 Å². The zero-order valence-corrected chi connectivity index (χ0v) is 16.2. The molecule has 0 fully saturated rings. The van der Waals surface area contributed by atoms with Gasteiger partial charge in [-0.25, -0.2) is 4.98 Å². The number of thioether (sulfide) groups is 1. The Balaban J connectivity index is 1.52. The maximum absolute atomic E-state index is 6.11. The highest BCUT2D eigenvalue weighted by Gasteiger charge is 2.15. The standard InChI is InChI=1S/C20H17ClN4OS/c1-2-25-19(15-9-6-10-16(21)11-15)23-24-20(25)27-13-18-22-12-17(26-18)14-7-4-3-5-8-14/h3-12H,2,13H2,1H3. The number of halogens is 1. The van der Waals surface area contributed by atoms with Gasteiger partial charge in [-0.05, 0) is 19.1 Å². The van der Waals surface area contributed by atoms with E-state index >= 15 is 0 Å². The molecule has 0 bridgehead atoms. The van der Waals surface area contributed by atoms with Gasteiger partial charge in [-0.1, -0.05) is 65.8 Å². The Labute approximate surface area is 166 Å². The van der Waals surface area contributed by atoms with Gasteiger partial charge in [-0.3, -0.25) is 0 Å². The lowest BCUT2D eigenvalue weighted by Gasteiger charge is -2.07. The summed E-state index contributed by atoms with van der Waals surface area (Å²) in [4.78, 5) is 4.38. The van der Waals surface area contributed by atoms with Crippen LogP contribution in [0.1, 0.15) is 12.8 Å². The zero-order valence-electron chi connectivity index (χ0n) is 14.7. The van der Waals surface area contributed by atoms with Crippen LogP contribution < -0.4 is 0 Å². The van der Waals surface area contributed by atoms with Gasteiger partial charge in [0.1, 0.15) is 0 Å². The largest absolute Gasteiger partial charge is 0.440 e. The minimum atomic E-state index is 0.584. The maximum Gasteiger partial charge on any atom is 0.205 e. The summed E-state index contributed by atoms with van der Waals surface area (Å²) in [5.41, 5.74) is 1.97. The molecule has 2 heterocycles. The smallest absolute Gasteiger partial charge is 0.205 e. The van der Waals surface area contributed by atoms with Crippen molar-refractivity contribution in [3.8, 4) is 22.7 Å². The van der Waals surface area contributed by atoms with Crippen molar-refractivity contribution in [1.29, 1.82) is 0 Å². The fourth-order valence-corrected chi connectivity index (χ4v) is 3.81. The van der Waals surface area contributed by atoms with Crippen LogP contribution >= 0.6 is 23.4 Å². The summed E-state index contributed by atoms with van der Waals surface area (Å²) in [5.74, 6) is 2.82. The summed E-state index contributed by atoms with van der Waals surface area (Å²) in [6.07, 6.45) is 1.76. The fraction of sp³-hybridized carbons (Fsp3) is 0.150. The van der Waals surface area contributed by atoms with Crippen LogP contribution in [0.2, 0.25) is 5.02 Å². The van der Waals surface area contributed by atoms with Crippen LogP contribution in [-0.4, -0.2) is 19.7 Å². The first-order valence-electron chi connectivity index (χ1n) is 8.56. The molecule has 0 saturated carbocycles. The van der Waals surface area contributed by atoms with E-state index < -0.39 is 0 Å². The molecule has 0 atom stereocenters. The van der Waals surface area contributed by atoms with Gasteiger partial charge in [-0.15, -0.1) is 10.2 Å². The number of nitrogens with zero attached hydrogens (tertiary/aromatic N) is 4. The summed E-state index contributed by atoms with van der Waals surface area (Å²) in [6, 6.07) is 17.6. The van der Waals surface area contributed by atoms with Crippen molar-refractivity contribution in [2.75, 3.05) is 0 Å². The third-order valence-electron chi connectivity index (χ3n) is 4.05. The first kappa shape index (κ1) is 17.8. The highest BCUT2D eigenvalue weighted by atomic mass is 35.5. The van der Waals surface area contributed by atoms with E-state index in [1.54, 1.807) is 18.0 Å². The van der Waals surface area contributed by atoms with Crippen LogP contribution in [0.25, 0.3) is 22.7 Å². The van der Waals surface area contributed by atoms with E-state index in [0.717, 1.165) is 34.4 Å². The average molecular weight is 397 g/mol. The molecule has 0 unspecified atom stereocenters. The third kappa shape index (κ3) is 3.91. The first-order valence-corrected chi connectivity index (χ1v) is 9.93. The monoisotopic (exact) mass is 396 g/mol. The maximum atomic E-state index is 6.11. The second kappa shape index (κ2) is 7.98. The molecule has 2 aromatic carbocycles. The van der Waals surface area contributed by atoms with E-state index in [1.807, 2.05) is 54.6 Å². The Morgan fingerprint density at radius 3 is 2.63 bits per heavy atom. The van der Waals surface area contributed by atoms with Gasteiger partial charge >= 0.3 is 0 Å². The van der Waals surface area contributed by atoms with E-state index in [2.05, 4.69) is 26.7 Å². The molecular formula is C20H17ClN4OS. The van der Waals surface area contributed by atoms with Crippen LogP contribution in [0.4, 0.5) is 0 Å². The van der Waals surface area contributed by atoms with Crippen LogP contribution in [0.15, 0.2) is 70.4 Å². The predicted octanol–water partition coefficient (Wildman–Crippen LogP) is 5.57. The molecule has 5 nitrogen and oxygen atoms in total. The molecule has 0 aliphatic heterocycles. The summed E-state index contributed by atoms with van der Waals surface area (Å²) in [5, 5.41) is 10.2. The molecule has 2 aromatic heterocycles. The molecule has 0 radical (unpaired) electrons. The molecule has 0 N–H and O–H groups in total. The first-order chi connectivity index (χ1) is 13.2. The van der Waals surface area contributed by atoms with Crippen LogP contribution in [0, 0.1) is 0 Å². The van der Waals surface area contributed by atoms with Crippen molar-refractivity contribution in [2.24, 2.45) is 0 Å². The lowest BCUT2D eigenvalue weighted by molar-refractivity contribution is 0.529. The molecule has 0 aliphatic carbocycles. The second-order valence-corrected chi connectivity index (χ2v) is 7.21. The summed E-state index contributed by atoms with van der Waals surface area (Å²) >= 11 is 7.66. The third-order valence-corrected chi connectivity index (χ3v) is 5.24. The molecule has 136 valence electrons. The Morgan fingerprint density at radius 1 is 1.04 bits per heavy atom. The van der Waals surface area contributed by atoms with Gasteiger partial charge in [0.05, 0.1) is 11.9 Å². The Kier molecular flexibility index (Phi) is 5.27. The van der Waals surface area contributed by atoms with Gasteiger partial charge in [0.2, 0.25) is 5.89 Å². The number of benzene rings is 2. The highest BCUT2D eigenvalue weighted by Crippen LogP contribution is 2.28. The summed E-state index contributed by atoms with van der Waals surface area (Å²) in [7, 11) is 0. The van der Waals surface area contributed by atoms with E-state index in [9.17, 15) is 0 Å². The predicted molar refractivity (Wildman–Crippen MR) is 108 cm³/mol. The van der Waals surface area contributed by atoms with Crippen molar-refractivity contribution in [1.82, 2.24) is 19.7 Å². The number of oxazole rings is 1. The van der Waals surface area contributed by atoms with E-state index in [0.29, 0.717) is 16.7 Å². The molecular weight excluding hydrogens is 380 g/mol. The van der Waals surface area contributed by atoms with Gasteiger partial charge in [-0.2, -0.15) is 0 Å². The van der Waals surface area contributed by atoms with Crippen LogP contribution in [-0.2, 0) is 12.3 Å². The van der Waals surface area contributed by atoms with Crippen molar-refractivity contribution in [2.45, 2.75) is 24.4 Å². The quantitative estimate of drug-likeness (QED) is 0.399. The molecule has 27 heavy (non-hydrogen) atoms. The lowest BCUT2D eigenvalue weighted by atomic mass is 10.2. The normalized spacial score (nSPS) is 11.0. The zero-order chi connectivity index (χ0) is 18.6. The van der Waals surface area contributed by atoms with Gasteiger partial charge in [0.15, 0.2) is 16.7 Å². The topological polar surface area (TPSA) is 56.7 Å². The van der Waals surface area contributed by atoms with Gasteiger partial charge < -0.3 is 8.98 Å². The SMILES string of the molecule is CCn1c(SCc2ncc(-c3ccccc3)o2)nnc1-c1cccc(Cl)c1. The average Bonchev–Trinajstić information content (AvgIpc) is 3.34. The van der Waals surface area contributed by atoms with Crippen molar-refractivity contribution < 1.29 is 4.42 Å². The van der Waals surface area contributed by atoms with Crippen LogP contribution in [0.5, 0.6) is 0 Å². The Morgan fingerprint density at radius 2 is 1.85 bits per heavy atom. The molecule has 0 amide bonds.